The van der Waals surface area contributed by atoms with Gasteiger partial charge in [-0.25, -0.2) is 9.97 Å². The summed E-state index contributed by atoms with van der Waals surface area (Å²) in [6, 6.07) is 1.09. The molecule has 0 aliphatic heterocycles. The Hall–Kier alpha value is -2.48. The fraction of sp³-hybridized carbons (Fsp3) is 0.250. The first-order valence-corrected chi connectivity index (χ1v) is 6.42. The van der Waals surface area contributed by atoms with Gasteiger partial charge < -0.3 is 9.88 Å². The van der Waals surface area contributed by atoms with Crippen LogP contribution < -0.4 is 5.32 Å². The fourth-order valence-electron chi connectivity index (χ4n) is 1.75. The van der Waals surface area contributed by atoms with E-state index in [2.05, 4.69) is 15.3 Å². The number of halogens is 1. The number of carbonyl (C=O) groups is 1. The molecule has 0 bridgehead atoms. The summed E-state index contributed by atoms with van der Waals surface area (Å²) in [5.41, 5.74) is -0.00230. The third-order valence-corrected chi connectivity index (χ3v) is 3.00. The maximum atomic E-state index is 12.2. The second-order valence-electron chi connectivity index (χ2n) is 4.49. The van der Waals surface area contributed by atoms with Gasteiger partial charge >= 0.3 is 0 Å². The van der Waals surface area contributed by atoms with Crippen molar-refractivity contribution in [2.75, 3.05) is 5.32 Å². The molecule has 1 amide bonds. The van der Waals surface area contributed by atoms with Crippen molar-refractivity contribution in [3.05, 3.63) is 45.6 Å². The van der Waals surface area contributed by atoms with Crippen LogP contribution in [0.25, 0.3) is 0 Å². The Morgan fingerprint density at radius 1 is 1.43 bits per heavy atom. The van der Waals surface area contributed by atoms with Crippen LogP contribution >= 0.6 is 11.6 Å². The summed E-state index contributed by atoms with van der Waals surface area (Å²) < 4.78 is 1.51. The molecular formula is C12H12ClN5O3. The summed E-state index contributed by atoms with van der Waals surface area (Å²) >= 11 is 5.81. The first-order chi connectivity index (χ1) is 9.90. The summed E-state index contributed by atoms with van der Waals surface area (Å²) in [6.45, 7) is 3.63. The molecule has 0 radical (unpaired) electrons. The molecule has 0 aliphatic carbocycles. The van der Waals surface area contributed by atoms with Gasteiger partial charge in [0, 0.05) is 24.5 Å². The Bertz CT molecular complexity index is 698. The second kappa shape index (κ2) is 5.88. The van der Waals surface area contributed by atoms with Crippen LogP contribution in [0.1, 0.15) is 30.4 Å². The molecule has 2 aromatic heterocycles. The number of amides is 1. The van der Waals surface area contributed by atoms with Crippen molar-refractivity contribution in [2.24, 2.45) is 0 Å². The van der Waals surface area contributed by atoms with Gasteiger partial charge in [-0.2, -0.15) is 0 Å². The van der Waals surface area contributed by atoms with Gasteiger partial charge in [-0.1, -0.05) is 11.6 Å². The molecule has 1 N–H and O–H groups in total. The minimum atomic E-state index is -0.551. The highest BCUT2D eigenvalue weighted by Gasteiger charge is 2.21. The number of hydrogen-bond donors (Lipinski definition) is 1. The van der Waals surface area contributed by atoms with Crippen molar-refractivity contribution in [3.63, 3.8) is 0 Å². The van der Waals surface area contributed by atoms with E-state index in [0.717, 1.165) is 0 Å². The van der Waals surface area contributed by atoms with Crippen LogP contribution in [0.2, 0.25) is 5.15 Å². The SMILES string of the molecule is CC(C)n1cc([N+](=O)[O-])cc1C(=O)Nc1nccnc1Cl. The van der Waals surface area contributed by atoms with Crippen molar-refractivity contribution >= 4 is 29.0 Å². The van der Waals surface area contributed by atoms with Gasteiger partial charge in [-0.15, -0.1) is 0 Å². The van der Waals surface area contributed by atoms with Crippen LogP contribution in [0.4, 0.5) is 11.5 Å². The van der Waals surface area contributed by atoms with Gasteiger partial charge in [-0.05, 0) is 13.8 Å². The van der Waals surface area contributed by atoms with Crippen LogP contribution in [-0.2, 0) is 0 Å². The molecule has 110 valence electrons. The Balaban J connectivity index is 2.35. The largest absolute Gasteiger partial charge is 0.335 e. The standard InChI is InChI=1S/C12H12ClN5O3/c1-7(2)17-6-8(18(20)21)5-9(17)12(19)16-11-10(13)14-3-4-15-11/h3-7H,1-2H3,(H,15,16,19). The number of carbonyl (C=O) groups excluding carboxylic acids is 1. The number of anilines is 1. The highest BCUT2D eigenvalue weighted by atomic mass is 35.5. The molecule has 2 aromatic rings. The molecule has 0 aromatic carbocycles. The van der Waals surface area contributed by atoms with Gasteiger partial charge in [0.1, 0.15) is 5.69 Å². The van der Waals surface area contributed by atoms with Gasteiger partial charge in [0.05, 0.1) is 11.1 Å². The van der Waals surface area contributed by atoms with Gasteiger partial charge in [0.25, 0.3) is 11.6 Å². The lowest BCUT2D eigenvalue weighted by molar-refractivity contribution is -0.384. The van der Waals surface area contributed by atoms with Crippen molar-refractivity contribution < 1.29 is 9.72 Å². The van der Waals surface area contributed by atoms with Crippen LogP contribution in [0, 0.1) is 10.1 Å². The second-order valence-corrected chi connectivity index (χ2v) is 4.85. The zero-order valence-electron chi connectivity index (χ0n) is 11.3. The summed E-state index contributed by atoms with van der Waals surface area (Å²) in [4.78, 5) is 30.2. The number of hydrogen-bond acceptors (Lipinski definition) is 5. The molecule has 2 heterocycles. The zero-order valence-corrected chi connectivity index (χ0v) is 12.0. The lowest BCUT2D eigenvalue weighted by atomic mass is 10.3. The van der Waals surface area contributed by atoms with E-state index < -0.39 is 10.8 Å². The maximum absolute atomic E-state index is 12.2. The topological polar surface area (TPSA) is 103 Å². The maximum Gasteiger partial charge on any atom is 0.287 e. The lowest BCUT2D eigenvalue weighted by Crippen LogP contribution is -2.18. The Kier molecular flexibility index (Phi) is 4.18. The van der Waals surface area contributed by atoms with E-state index in [1.165, 1.54) is 29.2 Å². The molecule has 21 heavy (non-hydrogen) atoms. The van der Waals surface area contributed by atoms with E-state index in [-0.39, 0.29) is 28.4 Å². The molecule has 2 rings (SSSR count). The normalized spacial score (nSPS) is 10.7. The van der Waals surface area contributed by atoms with Crippen molar-refractivity contribution in [1.82, 2.24) is 14.5 Å². The van der Waals surface area contributed by atoms with E-state index >= 15 is 0 Å². The van der Waals surface area contributed by atoms with Gasteiger partial charge in [-0.3, -0.25) is 14.9 Å². The molecule has 0 unspecified atom stereocenters. The zero-order chi connectivity index (χ0) is 15.6. The van der Waals surface area contributed by atoms with Gasteiger partial charge in [0.2, 0.25) is 0 Å². The van der Waals surface area contributed by atoms with Crippen LogP contribution in [0.3, 0.4) is 0 Å². The summed E-state index contributed by atoms with van der Waals surface area (Å²) in [7, 11) is 0. The summed E-state index contributed by atoms with van der Waals surface area (Å²) in [5.74, 6) is -0.442. The Labute approximate surface area is 124 Å². The van der Waals surface area contributed by atoms with E-state index in [1.54, 1.807) is 0 Å². The molecule has 0 spiro atoms. The highest BCUT2D eigenvalue weighted by Crippen LogP contribution is 2.22. The van der Waals surface area contributed by atoms with E-state index in [0.29, 0.717) is 0 Å². The number of nitro groups is 1. The van der Waals surface area contributed by atoms with Crippen LogP contribution in [0.15, 0.2) is 24.7 Å². The monoisotopic (exact) mass is 309 g/mol. The summed E-state index contributed by atoms with van der Waals surface area (Å²) in [5, 5.41) is 13.4. The number of nitrogens with one attached hydrogen (secondary N) is 1. The Morgan fingerprint density at radius 2 is 2.10 bits per heavy atom. The smallest absolute Gasteiger partial charge is 0.287 e. The molecule has 0 saturated carbocycles. The van der Waals surface area contributed by atoms with Crippen LogP contribution in [-0.4, -0.2) is 25.4 Å². The minimum Gasteiger partial charge on any atom is -0.335 e. The van der Waals surface area contributed by atoms with E-state index in [9.17, 15) is 14.9 Å². The average Bonchev–Trinajstić information content (AvgIpc) is 2.87. The fourth-order valence-corrected chi connectivity index (χ4v) is 1.90. The third-order valence-electron chi connectivity index (χ3n) is 2.72. The molecule has 0 fully saturated rings. The Morgan fingerprint density at radius 3 is 2.67 bits per heavy atom. The van der Waals surface area contributed by atoms with Crippen molar-refractivity contribution in [3.8, 4) is 0 Å². The quantitative estimate of drug-likeness (QED) is 0.690. The molecule has 0 aliphatic rings. The first-order valence-electron chi connectivity index (χ1n) is 6.04. The third kappa shape index (κ3) is 3.16. The van der Waals surface area contributed by atoms with E-state index in [1.807, 2.05) is 13.8 Å². The lowest BCUT2D eigenvalue weighted by Gasteiger charge is -2.12. The predicted molar refractivity (Wildman–Crippen MR) is 76.5 cm³/mol. The van der Waals surface area contributed by atoms with Crippen molar-refractivity contribution in [2.45, 2.75) is 19.9 Å². The van der Waals surface area contributed by atoms with E-state index in [4.69, 9.17) is 11.6 Å². The number of nitrogens with zero attached hydrogens (tertiary/aromatic N) is 4. The molecule has 8 nitrogen and oxygen atoms in total. The molecular weight excluding hydrogens is 298 g/mol. The molecule has 0 atom stereocenters. The average molecular weight is 310 g/mol. The van der Waals surface area contributed by atoms with Crippen LogP contribution in [0.5, 0.6) is 0 Å². The number of aromatic nitrogens is 3. The number of rotatable bonds is 4. The first kappa shape index (κ1) is 14.9. The highest BCUT2D eigenvalue weighted by molar-refractivity contribution is 6.32. The minimum absolute atomic E-state index is 0.0444. The predicted octanol–water partition coefficient (Wildman–Crippen LogP) is 2.67. The molecule has 9 heteroatoms. The summed E-state index contributed by atoms with van der Waals surface area (Å²) in [6.07, 6.45) is 4.09. The van der Waals surface area contributed by atoms with Gasteiger partial charge in [0.15, 0.2) is 11.0 Å². The molecule has 0 saturated heterocycles. The van der Waals surface area contributed by atoms with Crippen molar-refractivity contribution in [1.29, 1.82) is 0 Å².